The van der Waals surface area contributed by atoms with E-state index in [9.17, 15) is 0 Å². The largest absolute Gasteiger partial charge is 0.391 e. The molecule has 25 heavy (non-hydrogen) atoms. The molecule has 4 rings (SSSR count). The third-order valence-electron chi connectivity index (χ3n) is 5.41. The number of hydrogen-bond acceptors (Lipinski definition) is 5. The Bertz CT molecular complexity index is 783. The number of nitrogen functional groups attached to an aromatic ring is 1. The first-order valence-corrected chi connectivity index (χ1v) is 9.90. The van der Waals surface area contributed by atoms with Crippen molar-refractivity contribution in [1.29, 1.82) is 0 Å². The Balaban J connectivity index is 1.38. The molecule has 0 aromatic carbocycles. The fourth-order valence-corrected chi connectivity index (χ4v) is 4.71. The lowest BCUT2D eigenvalue weighted by molar-refractivity contribution is 0.460. The predicted molar refractivity (Wildman–Crippen MR) is 104 cm³/mol. The van der Waals surface area contributed by atoms with Crippen molar-refractivity contribution in [3.8, 4) is 0 Å². The van der Waals surface area contributed by atoms with Crippen LogP contribution in [-0.4, -0.2) is 34.2 Å². The number of nitrogens with two attached hydrogens (primary N) is 1. The number of nitrogens with zero attached hydrogens (tertiary/aromatic N) is 3. The second kappa shape index (κ2) is 7.33. The van der Waals surface area contributed by atoms with Crippen molar-refractivity contribution in [3.63, 3.8) is 0 Å². The van der Waals surface area contributed by atoms with Crippen LogP contribution in [0.4, 0.5) is 5.82 Å². The molecular weight excluding hydrogens is 380 g/mol. The molecular formula is C18H25BrN6. The third-order valence-corrected chi connectivity index (χ3v) is 6.01. The topological polar surface area (TPSA) is 80.8 Å². The van der Waals surface area contributed by atoms with Gasteiger partial charge in [0.05, 0.1) is 5.39 Å². The van der Waals surface area contributed by atoms with Crippen molar-refractivity contribution in [3.05, 3.63) is 28.8 Å². The van der Waals surface area contributed by atoms with E-state index in [4.69, 9.17) is 5.73 Å². The Morgan fingerprint density at radius 3 is 3.12 bits per heavy atom. The summed E-state index contributed by atoms with van der Waals surface area (Å²) in [4.78, 5) is 8.58. The highest BCUT2D eigenvalue weighted by molar-refractivity contribution is 9.10. The summed E-state index contributed by atoms with van der Waals surface area (Å²) in [5.41, 5.74) is 8.45. The van der Waals surface area contributed by atoms with Gasteiger partial charge in [-0.25, -0.2) is 9.97 Å². The van der Waals surface area contributed by atoms with Gasteiger partial charge in [0.1, 0.15) is 17.8 Å². The molecule has 1 aliphatic carbocycles. The molecule has 0 spiro atoms. The minimum atomic E-state index is 0.491. The number of nitrogens with one attached hydrogen (secondary N) is 2. The molecule has 3 heterocycles. The van der Waals surface area contributed by atoms with Crippen molar-refractivity contribution in [2.75, 3.05) is 25.4 Å². The lowest BCUT2D eigenvalue weighted by Gasteiger charge is -2.17. The van der Waals surface area contributed by atoms with Crippen molar-refractivity contribution in [1.82, 2.24) is 25.2 Å². The first kappa shape index (κ1) is 16.8. The normalized spacial score (nSPS) is 23.6. The molecule has 4 N–H and O–H groups in total. The predicted octanol–water partition coefficient (Wildman–Crippen LogP) is 2.97. The molecule has 0 radical (unpaired) electrons. The molecule has 0 saturated heterocycles. The summed E-state index contributed by atoms with van der Waals surface area (Å²) < 4.78 is 3.27. The van der Waals surface area contributed by atoms with E-state index in [-0.39, 0.29) is 0 Å². The van der Waals surface area contributed by atoms with Gasteiger partial charge in [-0.3, -0.25) is 0 Å². The molecule has 0 bridgehead atoms. The molecule has 2 atom stereocenters. The average molecular weight is 405 g/mol. The standard InChI is InChI=1S/C18H25BrN6/c19-15-10-25(18-16(15)17(20)23-11-24-18)14-4-3-12(6-14)7-22-9-13-2-1-5-21-8-13/h8,10-12,14,21-22H,1-7,9H2,(H2,20,23,24)/t12-,14?/m1/s1. The molecule has 1 fully saturated rings. The maximum atomic E-state index is 6.02. The van der Waals surface area contributed by atoms with E-state index in [0.29, 0.717) is 11.9 Å². The van der Waals surface area contributed by atoms with E-state index in [1.54, 1.807) is 6.33 Å². The zero-order chi connectivity index (χ0) is 17.2. The quantitative estimate of drug-likeness (QED) is 0.713. The van der Waals surface area contributed by atoms with Crippen LogP contribution >= 0.6 is 15.9 Å². The van der Waals surface area contributed by atoms with E-state index in [1.807, 2.05) is 0 Å². The van der Waals surface area contributed by atoms with Crippen molar-refractivity contribution in [2.45, 2.75) is 38.1 Å². The molecule has 2 aliphatic rings. The van der Waals surface area contributed by atoms with Crippen molar-refractivity contribution in [2.24, 2.45) is 5.92 Å². The van der Waals surface area contributed by atoms with Crippen LogP contribution in [0.3, 0.4) is 0 Å². The van der Waals surface area contributed by atoms with E-state index in [2.05, 4.69) is 53.5 Å². The lowest BCUT2D eigenvalue weighted by Crippen LogP contribution is -2.26. The molecule has 1 unspecified atom stereocenters. The van der Waals surface area contributed by atoms with Gasteiger partial charge in [0, 0.05) is 29.8 Å². The third kappa shape index (κ3) is 3.53. The minimum absolute atomic E-state index is 0.491. The Morgan fingerprint density at radius 2 is 2.28 bits per heavy atom. The average Bonchev–Trinajstić information content (AvgIpc) is 3.21. The van der Waals surface area contributed by atoms with Gasteiger partial charge >= 0.3 is 0 Å². The van der Waals surface area contributed by atoms with Gasteiger partial charge in [0.2, 0.25) is 0 Å². The number of fused-ring (bicyclic) bond motifs is 1. The Kier molecular flexibility index (Phi) is 4.94. The van der Waals surface area contributed by atoms with Gasteiger partial charge in [0.15, 0.2) is 0 Å². The van der Waals surface area contributed by atoms with Crippen LogP contribution in [0.25, 0.3) is 11.0 Å². The van der Waals surface area contributed by atoms with Crippen LogP contribution in [-0.2, 0) is 0 Å². The fraction of sp³-hybridized carbons (Fsp3) is 0.556. The number of halogens is 1. The SMILES string of the molecule is Nc1ncnc2c1c(Br)cn2C1CC[C@@H](CNCC2=CNCCC2)C1. The monoisotopic (exact) mass is 404 g/mol. The lowest BCUT2D eigenvalue weighted by atomic mass is 10.1. The second-order valence-electron chi connectivity index (χ2n) is 7.17. The second-order valence-corrected chi connectivity index (χ2v) is 8.02. The molecule has 2 aromatic heterocycles. The van der Waals surface area contributed by atoms with Crippen LogP contribution in [0.15, 0.2) is 28.8 Å². The van der Waals surface area contributed by atoms with E-state index < -0.39 is 0 Å². The first-order valence-electron chi connectivity index (χ1n) is 9.11. The summed E-state index contributed by atoms with van der Waals surface area (Å²) in [7, 11) is 0. The molecule has 134 valence electrons. The summed E-state index contributed by atoms with van der Waals surface area (Å²) in [5, 5.41) is 7.91. The Morgan fingerprint density at radius 1 is 1.36 bits per heavy atom. The summed E-state index contributed by atoms with van der Waals surface area (Å²) >= 11 is 3.61. The van der Waals surface area contributed by atoms with Gasteiger partial charge in [-0.05, 0) is 72.3 Å². The summed E-state index contributed by atoms with van der Waals surface area (Å²) in [6.07, 6.45) is 12.0. The summed E-state index contributed by atoms with van der Waals surface area (Å²) in [5.74, 6) is 1.26. The van der Waals surface area contributed by atoms with Crippen LogP contribution in [0.2, 0.25) is 0 Å². The van der Waals surface area contributed by atoms with Gasteiger partial charge < -0.3 is 20.9 Å². The maximum absolute atomic E-state index is 6.02. The Labute approximate surface area is 156 Å². The van der Waals surface area contributed by atoms with E-state index in [0.717, 1.165) is 41.1 Å². The summed E-state index contributed by atoms with van der Waals surface area (Å²) in [6, 6.07) is 0.491. The smallest absolute Gasteiger partial charge is 0.146 e. The zero-order valence-electron chi connectivity index (χ0n) is 14.3. The fourth-order valence-electron chi connectivity index (χ4n) is 4.11. The van der Waals surface area contributed by atoms with Gasteiger partial charge in [-0.1, -0.05) is 0 Å². The van der Waals surface area contributed by atoms with Crippen LogP contribution in [0, 0.1) is 5.92 Å². The number of anilines is 1. The first-order chi connectivity index (χ1) is 12.2. The highest BCUT2D eigenvalue weighted by Crippen LogP contribution is 2.39. The van der Waals surface area contributed by atoms with Crippen molar-refractivity contribution >= 4 is 32.8 Å². The molecule has 1 aliphatic heterocycles. The minimum Gasteiger partial charge on any atom is -0.391 e. The molecule has 6 nitrogen and oxygen atoms in total. The van der Waals surface area contributed by atoms with Gasteiger partial charge in [0.25, 0.3) is 0 Å². The zero-order valence-corrected chi connectivity index (χ0v) is 15.9. The summed E-state index contributed by atoms with van der Waals surface area (Å²) in [6.45, 7) is 3.21. The van der Waals surface area contributed by atoms with Gasteiger partial charge in [-0.2, -0.15) is 0 Å². The highest BCUT2D eigenvalue weighted by atomic mass is 79.9. The van der Waals surface area contributed by atoms with Crippen LogP contribution in [0.5, 0.6) is 0 Å². The Hall–Kier alpha value is -1.60. The molecule has 0 amide bonds. The number of aromatic nitrogens is 3. The number of rotatable bonds is 5. The maximum Gasteiger partial charge on any atom is 0.146 e. The molecule has 7 heteroatoms. The van der Waals surface area contributed by atoms with E-state index in [1.165, 1.54) is 37.7 Å². The molecule has 2 aromatic rings. The number of hydrogen-bond donors (Lipinski definition) is 3. The van der Waals surface area contributed by atoms with Gasteiger partial charge in [-0.15, -0.1) is 0 Å². The van der Waals surface area contributed by atoms with Crippen LogP contribution in [0.1, 0.15) is 38.1 Å². The van der Waals surface area contributed by atoms with Crippen molar-refractivity contribution < 1.29 is 0 Å². The molecule has 1 saturated carbocycles. The van der Waals surface area contributed by atoms with Crippen LogP contribution < -0.4 is 16.4 Å². The van der Waals surface area contributed by atoms with E-state index >= 15 is 0 Å². The highest BCUT2D eigenvalue weighted by Gasteiger charge is 2.27.